The van der Waals surface area contributed by atoms with E-state index >= 15 is 0 Å². The Labute approximate surface area is 129 Å². The molecule has 1 aromatic carbocycles. The summed E-state index contributed by atoms with van der Waals surface area (Å²) in [5.41, 5.74) is 2.01. The second-order valence-corrected chi connectivity index (χ2v) is 5.83. The number of imidazole rings is 1. The molecule has 0 amide bonds. The minimum atomic E-state index is -0.739. The number of rotatable bonds is 7. The van der Waals surface area contributed by atoms with E-state index in [9.17, 15) is 4.79 Å². The Morgan fingerprint density at radius 2 is 2.19 bits per heavy atom. The van der Waals surface area contributed by atoms with Crippen molar-refractivity contribution in [1.82, 2.24) is 9.55 Å². The molecule has 114 valence electrons. The molecule has 4 nitrogen and oxygen atoms in total. The number of hydrogen-bond donors (Lipinski definition) is 1. The van der Waals surface area contributed by atoms with Gasteiger partial charge in [-0.15, -0.1) is 0 Å². The normalized spacial score (nSPS) is 12.7. The van der Waals surface area contributed by atoms with Crippen LogP contribution in [0.2, 0.25) is 5.02 Å². The van der Waals surface area contributed by atoms with Crippen LogP contribution in [-0.2, 0) is 11.2 Å². The molecule has 1 N–H and O–H groups in total. The number of halogens is 1. The number of aromatic nitrogens is 2. The number of aryl methyl sites for hydroxylation is 1. The average molecular weight is 309 g/mol. The summed E-state index contributed by atoms with van der Waals surface area (Å²) in [7, 11) is 0. The quantitative estimate of drug-likeness (QED) is 0.768. The maximum Gasteiger partial charge on any atom is 0.303 e. The Hall–Kier alpha value is -1.55. The van der Waals surface area contributed by atoms with Crippen LogP contribution in [0.25, 0.3) is 11.0 Å². The van der Waals surface area contributed by atoms with Gasteiger partial charge in [0.25, 0.3) is 0 Å². The molecule has 0 fully saturated rings. The van der Waals surface area contributed by atoms with Crippen LogP contribution in [0.5, 0.6) is 0 Å². The van der Waals surface area contributed by atoms with Gasteiger partial charge in [-0.2, -0.15) is 0 Å². The molecule has 21 heavy (non-hydrogen) atoms. The third-order valence-electron chi connectivity index (χ3n) is 3.80. The summed E-state index contributed by atoms with van der Waals surface area (Å²) in [6.07, 6.45) is 3.55. The molecule has 2 aromatic rings. The molecule has 5 heteroatoms. The summed E-state index contributed by atoms with van der Waals surface area (Å²) >= 11 is 6.04. The van der Waals surface area contributed by atoms with E-state index < -0.39 is 5.97 Å². The number of nitrogens with zero attached hydrogens (tertiary/aromatic N) is 2. The summed E-state index contributed by atoms with van der Waals surface area (Å²) < 4.78 is 2.26. The van der Waals surface area contributed by atoms with Gasteiger partial charge in [0.15, 0.2) is 0 Å². The molecule has 0 saturated carbocycles. The highest BCUT2D eigenvalue weighted by Gasteiger charge is 2.15. The fraction of sp³-hybridized carbons (Fsp3) is 0.500. The Morgan fingerprint density at radius 3 is 2.86 bits per heavy atom. The van der Waals surface area contributed by atoms with E-state index in [1.165, 1.54) is 0 Å². The number of unbranched alkanes of at least 4 members (excludes halogenated alkanes) is 1. The van der Waals surface area contributed by atoms with Gasteiger partial charge in [-0.05, 0) is 44.4 Å². The third-order valence-corrected chi connectivity index (χ3v) is 4.03. The lowest BCUT2D eigenvalue weighted by molar-refractivity contribution is -0.137. The average Bonchev–Trinajstić information content (AvgIpc) is 2.79. The Bertz CT molecular complexity index is 636. The zero-order chi connectivity index (χ0) is 15.4. The second kappa shape index (κ2) is 6.94. The summed E-state index contributed by atoms with van der Waals surface area (Å²) in [5.74, 6) is 0.282. The fourth-order valence-electron chi connectivity index (χ4n) is 2.53. The van der Waals surface area contributed by atoms with Crippen LogP contribution in [0.3, 0.4) is 0 Å². The highest BCUT2D eigenvalue weighted by atomic mass is 35.5. The molecule has 1 atom stereocenters. The van der Waals surface area contributed by atoms with Gasteiger partial charge in [0, 0.05) is 23.9 Å². The first-order chi connectivity index (χ1) is 10.0. The fourth-order valence-corrected chi connectivity index (χ4v) is 2.70. The van der Waals surface area contributed by atoms with Crippen LogP contribution < -0.4 is 0 Å². The van der Waals surface area contributed by atoms with Gasteiger partial charge in [-0.25, -0.2) is 4.98 Å². The van der Waals surface area contributed by atoms with Crippen molar-refractivity contribution in [2.45, 2.75) is 52.0 Å². The lowest BCUT2D eigenvalue weighted by atomic mass is 10.1. The lowest BCUT2D eigenvalue weighted by Gasteiger charge is -2.15. The Morgan fingerprint density at radius 1 is 1.43 bits per heavy atom. The van der Waals surface area contributed by atoms with Crippen molar-refractivity contribution in [2.24, 2.45) is 0 Å². The predicted octanol–water partition coefficient (Wildman–Crippen LogP) is 4.46. The minimum absolute atomic E-state index is 0.218. The van der Waals surface area contributed by atoms with Crippen LogP contribution in [0, 0.1) is 0 Å². The van der Waals surface area contributed by atoms with Crippen molar-refractivity contribution in [3.05, 3.63) is 29.0 Å². The monoisotopic (exact) mass is 308 g/mol. The molecule has 1 heterocycles. The summed E-state index contributed by atoms with van der Waals surface area (Å²) in [4.78, 5) is 15.3. The maximum absolute atomic E-state index is 10.6. The van der Waals surface area contributed by atoms with Gasteiger partial charge in [-0.3, -0.25) is 4.79 Å². The highest BCUT2D eigenvalue weighted by Crippen LogP contribution is 2.26. The van der Waals surface area contributed by atoms with Crippen molar-refractivity contribution in [2.75, 3.05) is 0 Å². The Balaban J connectivity index is 2.26. The molecule has 0 aliphatic carbocycles. The van der Waals surface area contributed by atoms with Gasteiger partial charge in [0.05, 0.1) is 11.0 Å². The molecular weight excluding hydrogens is 288 g/mol. The van der Waals surface area contributed by atoms with E-state index in [1.54, 1.807) is 0 Å². The number of benzene rings is 1. The number of carboxylic acids is 1. The molecule has 1 aromatic heterocycles. The van der Waals surface area contributed by atoms with E-state index in [4.69, 9.17) is 21.7 Å². The first-order valence-corrected chi connectivity index (χ1v) is 7.79. The zero-order valence-electron chi connectivity index (χ0n) is 12.5. The highest BCUT2D eigenvalue weighted by molar-refractivity contribution is 6.31. The minimum Gasteiger partial charge on any atom is -0.481 e. The van der Waals surface area contributed by atoms with E-state index in [-0.39, 0.29) is 6.42 Å². The molecule has 0 spiro atoms. The third kappa shape index (κ3) is 3.76. The van der Waals surface area contributed by atoms with Crippen LogP contribution in [0.1, 0.15) is 51.4 Å². The van der Waals surface area contributed by atoms with Crippen LogP contribution in [0.4, 0.5) is 0 Å². The van der Waals surface area contributed by atoms with Crippen molar-refractivity contribution < 1.29 is 9.90 Å². The molecule has 2 rings (SSSR count). The molecule has 0 saturated heterocycles. The van der Waals surface area contributed by atoms with Crippen molar-refractivity contribution >= 4 is 28.6 Å². The van der Waals surface area contributed by atoms with Gasteiger partial charge in [0.1, 0.15) is 5.82 Å². The Kier molecular flexibility index (Phi) is 5.23. The molecule has 0 radical (unpaired) electrons. The second-order valence-electron chi connectivity index (χ2n) is 5.39. The number of aliphatic carboxylic acids is 1. The first-order valence-electron chi connectivity index (χ1n) is 7.41. The zero-order valence-corrected chi connectivity index (χ0v) is 13.2. The van der Waals surface area contributed by atoms with Crippen LogP contribution in [-0.4, -0.2) is 20.6 Å². The van der Waals surface area contributed by atoms with E-state index in [1.807, 2.05) is 18.2 Å². The first kappa shape index (κ1) is 15.8. The molecule has 0 aliphatic rings. The number of fused-ring (bicyclic) bond motifs is 1. The molecule has 0 bridgehead atoms. The summed E-state index contributed by atoms with van der Waals surface area (Å²) in [6.45, 7) is 4.33. The smallest absolute Gasteiger partial charge is 0.303 e. The van der Waals surface area contributed by atoms with Gasteiger partial charge in [0.2, 0.25) is 0 Å². The summed E-state index contributed by atoms with van der Waals surface area (Å²) in [5, 5.41) is 9.39. The number of carboxylic acid groups (broad SMARTS) is 1. The van der Waals surface area contributed by atoms with Gasteiger partial charge in [-0.1, -0.05) is 18.5 Å². The van der Waals surface area contributed by atoms with Crippen LogP contribution >= 0.6 is 11.6 Å². The van der Waals surface area contributed by atoms with E-state index in [0.29, 0.717) is 17.5 Å². The number of carbonyl (C=O) groups is 1. The van der Waals surface area contributed by atoms with Crippen molar-refractivity contribution in [3.63, 3.8) is 0 Å². The largest absolute Gasteiger partial charge is 0.481 e. The van der Waals surface area contributed by atoms with Gasteiger partial charge >= 0.3 is 5.97 Å². The van der Waals surface area contributed by atoms with Gasteiger partial charge < -0.3 is 9.67 Å². The SMILES string of the molecule is CC[C@H](C)n1c(CCCCC(=O)O)nc2cc(Cl)ccc21. The molecular formula is C16H21ClN2O2. The topological polar surface area (TPSA) is 55.1 Å². The maximum atomic E-state index is 10.6. The number of hydrogen-bond acceptors (Lipinski definition) is 2. The standard InChI is InChI=1S/C16H21ClN2O2/c1-3-11(2)19-14-9-8-12(17)10-13(14)18-15(19)6-4-5-7-16(20)21/h8-11H,3-7H2,1-2H3,(H,20,21)/t11-/m0/s1. The van der Waals surface area contributed by atoms with E-state index in [0.717, 1.165) is 36.1 Å². The summed E-state index contributed by atoms with van der Waals surface area (Å²) in [6, 6.07) is 6.15. The molecule has 0 unspecified atom stereocenters. The lowest BCUT2D eigenvalue weighted by Crippen LogP contribution is -2.09. The van der Waals surface area contributed by atoms with Crippen molar-refractivity contribution in [1.29, 1.82) is 0 Å². The molecule has 0 aliphatic heterocycles. The van der Waals surface area contributed by atoms with Crippen molar-refractivity contribution in [3.8, 4) is 0 Å². The predicted molar refractivity (Wildman–Crippen MR) is 84.9 cm³/mol. The van der Waals surface area contributed by atoms with Crippen LogP contribution in [0.15, 0.2) is 18.2 Å². The van der Waals surface area contributed by atoms with E-state index in [2.05, 4.69) is 18.4 Å².